The number of anilines is 2. The Hall–Kier alpha value is -2.95. The molecule has 2 aromatic heterocycles. The van der Waals surface area contributed by atoms with Gasteiger partial charge < -0.3 is 19.5 Å². The summed E-state index contributed by atoms with van der Waals surface area (Å²) in [6.45, 7) is 0.454. The highest BCUT2D eigenvalue weighted by atomic mass is 35.5. The highest BCUT2D eigenvalue weighted by Gasteiger charge is 2.16. The summed E-state index contributed by atoms with van der Waals surface area (Å²) in [7, 11) is 3.06. The van der Waals surface area contributed by atoms with Crippen LogP contribution in [0.2, 0.25) is 5.02 Å². The molecule has 150 valence electrons. The van der Waals surface area contributed by atoms with Crippen LogP contribution in [0.5, 0.6) is 17.4 Å². The SMILES string of the molecule is COc1ccc(Cl)c(Nc2c(C#N)cnc3cc(OCCCCl)c(OC)cc23)n1. The Kier molecular flexibility index (Phi) is 6.81. The van der Waals surface area contributed by atoms with Gasteiger partial charge in [-0.3, -0.25) is 4.98 Å². The molecule has 0 saturated carbocycles. The maximum absolute atomic E-state index is 9.57. The Morgan fingerprint density at radius 3 is 2.69 bits per heavy atom. The van der Waals surface area contributed by atoms with Gasteiger partial charge in [0.25, 0.3) is 0 Å². The number of nitrogens with zero attached hydrogens (tertiary/aromatic N) is 3. The van der Waals surface area contributed by atoms with Crippen LogP contribution in [0.1, 0.15) is 12.0 Å². The number of halogens is 2. The van der Waals surface area contributed by atoms with Crippen molar-refractivity contribution < 1.29 is 14.2 Å². The van der Waals surface area contributed by atoms with Crippen LogP contribution in [0.3, 0.4) is 0 Å². The van der Waals surface area contributed by atoms with Crippen LogP contribution >= 0.6 is 23.2 Å². The minimum Gasteiger partial charge on any atom is -0.493 e. The molecule has 2 heterocycles. The fourth-order valence-electron chi connectivity index (χ4n) is 2.67. The average Bonchev–Trinajstić information content (AvgIpc) is 2.75. The molecule has 0 aliphatic rings. The van der Waals surface area contributed by atoms with Crippen LogP contribution in [0, 0.1) is 11.3 Å². The first-order valence-electron chi connectivity index (χ1n) is 8.68. The summed E-state index contributed by atoms with van der Waals surface area (Å²) in [5.74, 6) is 2.31. The number of hydrogen-bond donors (Lipinski definition) is 1. The van der Waals surface area contributed by atoms with Crippen molar-refractivity contribution in [1.82, 2.24) is 9.97 Å². The zero-order valence-corrected chi connectivity index (χ0v) is 17.3. The lowest BCUT2D eigenvalue weighted by Gasteiger charge is -2.15. The first kappa shape index (κ1) is 20.8. The van der Waals surface area contributed by atoms with Gasteiger partial charge in [-0.2, -0.15) is 10.2 Å². The summed E-state index contributed by atoms with van der Waals surface area (Å²) in [4.78, 5) is 8.69. The molecule has 7 nitrogen and oxygen atoms in total. The van der Waals surface area contributed by atoms with Crippen molar-refractivity contribution in [2.45, 2.75) is 6.42 Å². The molecule has 0 amide bonds. The summed E-state index contributed by atoms with van der Waals surface area (Å²) < 4.78 is 16.4. The lowest BCUT2D eigenvalue weighted by molar-refractivity contribution is 0.295. The highest BCUT2D eigenvalue weighted by Crippen LogP contribution is 2.38. The first-order chi connectivity index (χ1) is 14.1. The van der Waals surface area contributed by atoms with Gasteiger partial charge in [0.2, 0.25) is 5.88 Å². The molecule has 0 spiro atoms. The Morgan fingerprint density at radius 2 is 2.00 bits per heavy atom. The predicted molar refractivity (Wildman–Crippen MR) is 113 cm³/mol. The van der Waals surface area contributed by atoms with Crippen molar-refractivity contribution in [1.29, 1.82) is 5.26 Å². The normalized spacial score (nSPS) is 10.4. The van der Waals surface area contributed by atoms with Crippen LogP contribution in [-0.4, -0.2) is 36.7 Å². The van der Waals surface area contributed by atoms with E-state index in [4.69, 9.17) is 37.4 Å². The van der Waals surface area contributed by atoms with E-state index in [-0.39, 0.29) is 0 Å². The van der Waals surface area contributed by atoms with Crippen molar-refractivity contribution in [2.75, 3.05) is 32.0 Å². The fraction of sp³-hybridized carbons (Fsp3) is 0.250. The number of benzene rings is 1. The third-order valence-electron chi connectivity index (χ3n) is 4.08. The second-order valence-corrected chi connectivity index (χ2v) is 6.66. The van der Waals surface area contributed by atoms with Crippen LogP contribution < -0.4 is 19.5 Å². The van der Waals surface area contributed by atoms with Crippen molar-refractivity contribution in [3.63, 3.8) is 0 Å². The van der Waals surface area contributed by atoms with Crippen molar-refractivity contribution in [2.24, 2.45) is 0 Å². The van der Waals surface area contributed by atoms with E-state index in [1.807, 2.05) is 0 Å². The Balaban J connectivity index is 2.11. The van der Waals surface area contributed by atoms with E-state index in [0.29, 0.717) is 69.3 Å². The molecule has 9 heteroatoms. The number of alkyl halides is 1. The molecule has 1 aromatic carbocycles. The molecular weight excluding hydrogens is 415 g/mol. The molecule has 0 atom stereocenters. The van der Waals surface area contributed by atoms with Crippen LogP contribution in [0.25, 0.3) is 10.9 Å². The minimum atomic E-state index is 0.330. The van der Waals surface area contributed by atoms with Gasteiger partial charge in [0.15, 0.2) is 17.3 Å². The van der Waals surface area contributed by atoms with Crippen molar-refractivity contribution >= 4 is 45.6 Å². The number of pyridine rings is 2. The van der Waals surface area contributed by atoms with Crippen LogP contribution in [0.4, 0.5) is 11.5 Å². The van der Waals surface area contributed by atoms with E-state index in [2.05, 4.69) is 21.4 Å². The van der Waals surface area contributed by atoms with Gasteiger partial charge in [-0.05, 0) is 18.6 Å². The van der Waals surface area contributed by atoms with Gasteiger partial charge in [-0.1, -0.05) is 11.6 Å². The van der Waals surface area contributed by atoms with Gasteiger partial charge in [0.05, 0.1) is 42.6 Å². The topological polar surface area (TPSA) is 89.3 Å². The molecule has 1 N–H and O–H groups in total. The van der Waals surface area contributed by atoms with Gasteiger partial charge in [-0.25, -0.2) is 0 Å². The van der Waals surface area contributed by atoms with E-state index < -0.39 is 0 Å². The second kappa shape index (κ2) is 9.50. The largest absolute Gasteiger partial charge is 0.493 e. The maximum Gasteiger partial charge on any atom is 0.214 e. The molecule has 0 saturated heterocycles. The van der Waals surface area contributed by atoms with Crippen molar-refractivity contribution in [3.8, 4) is 23.4 Å². The van der Waals surface area contributed by atoms with Gasteiger partial charge >= 0.3 is 0 Å². The summed E-state index contributed by atoms with van der Waals surface area (Å²) in [5, 5.41) is 13.7. The van der Waals surface area contributed by atoms with E-state index in [1.165, 1.54) is 13.3 Å². The third kappa shape index (κ3) is 4.56. The summed E-state index contributed by atoms with van der Waals surface area (Å²) in [5.41, 5.74) is 1.45. The van der Waals surface area contributed by atoms with Gasteiger partial charge in [0, 0.05) is 29.6 Å². The summed E-state index contributed by atoms with van der Waals surface area (Å²) in [6.07, 6.45) is 2.18. The molecule has 0 aliphatic carbocycles. The number of aromatic nitrogens is 2. The number of methoxy groups -OCH3 is 2. The quantitative estimate of drug-likeness (QED) is 0.398. The maximum atomic E-state index is 9.57. The van der Waals surface area contributed by atoms with E-state index >= 15 is 0 Å². The summed E-state index contributed by atoms with van der Waals surface area (Å²) in [6, 6.07) is 8.97. The molecule has 29 heavy (non-hydrogen) atoms. The second-order valence-electron chi connectivity index (χ2n) is 5.88. The Labute approximate surface area is 178 Å². The number of fused-ring (bicyclic) bond motifs is 1. The third-order valence-corrected chi connectivity index (χ3v) is 4.65. The smallest absolute Gasteiger partial charge is 0.214 e. The van der Waals surface area contributed by atoms with Crippen molar-refractivity contribution in [3.05, 3.63) is 41.0 Å². The van der Waals surface area contributed by atoms with E-state index in [1.54, 1.807) is 31.4 Å². The zero-order valence-electron chi connectivity index (χ0n) is 15.8. The molecular formula is C20H18Cl2N4O3. The molecule has 3 rings (SSSR count). The Morgan fingerprint density at radius 1 is 1.17 bits per heavy atom. The molecule has 3 aromatic rings. The number of nitriles is 1. The lowest BCUT2D eigenvalue weighted by Crippen LogP contribution is -2.03. The molecule has 0 fully saturated rings. The van der Waals surface area contributed by atoms with Crippen LogP contribution in [-0.2, 0) is 0 Å². The average molecular weight is 433 g/mol. The monoisotopic (exact) mass is 432 g/mol. The van der Waals surface area contributed by atoms with Gasteiger partial charge in [-0.15, -0.1) is 11.6 Å². The Bertz CT molecular complexity index is 1070. The molecule has 0 radical (unpaired) electrons. The first-order valence-corrected chi connectivity index (χ1v) is 9.59. The van der Waals surface area contributed by atoms with E-state index in [0.717, 1.165) is 0 Å². The minimum absolute atomic E-state index is 0.330. The van der Waals surface area contributed by atoms with Crippen LogP contribution in [0.15, 0.2) is 30.5 Å². The number of nitrogens with one attached hydrogen (secondary N) is 1. The van der Waals surface area contributed by atoms with E-state index in [9.17, 15) is 5.26 Å². The highest BCUT2D eigenvalue weighted by molar-refractivity contribution is 6.33. The molecule has 0 unspecified atom stereocenters. The molecule has 0 aliphatic heterocycles. The molecule has 0 bridgehead atoms. The van der Waals surface area contributed by atoms with Gasteiger partial charge in [0.1, 0.15) is 6.07 Å². The predicted octanol–water partition coefficient (Wildman–Crippen LogP) is 4.92. The fourth-order valence-corrected chi connectivity index (χ4v) is 2.93. The standard InChI is InChI=1S/C20H18Cl2N4O3/c1-27-16-8-13-15(9-17(16)29-7-3-6-21)24-11-12(10-23)19(13)26-20-14(22)4-5-18(25-20)28-2/h4-5,8-9,11H,3,6-7H2,1-2H3,(H,24,25,26). The zero-order chi connectivity index (χ0) is 20.8. The summed E-state index contributed by atoms with van der Waals surface area (Å²) >= 11 is 12.0. The number of ether oxygens (including phenoxy) is 3. The lowest BCUT2D eigenvalue weighted by atomic mass is 10.1. The number of rotatable bonds is 8. The number of hydrogen-bond acceptors (Lipinski definition) is 7.